The van der Waals surface area contributed by atoms with Crippen LogP contribution in [0.2, 0.25) is 0 Å². The standard InChI is InChI=1S/C41H40O6/c1-23-10-12-29-32(16-23)38-31(37-36(29)30-13-11-24(2)17-33(30)40(37,3)4)14-15-41(47-38,25-18-27(42-5)22-28(19-25)43-6)26-20-34(44-7)39(46-9)35(21-26)45-8/h10-22H,1-9H3. The molecule has 1 unspecified atom stereocenters. The largest absolute Gasteiger partial charge is 0.497 e. The molecule has 6 nitrogen and oxygen atoms in total. The highest BCUT2D eigenvalue weighted by atomic mass is 16.5. The molecule has 0 amide bonds. The van der Waals surface area contributed by atoms with Crippen LogP contribution >= 0.6 is 0 Å². The van der Waals surface area contributed by atoms with E-state index in [1.54, 1.807) is 35.5 Å². The molecule has 0 aromatic heterocycles. The van der Waals surface area contributed by atoms with E-state index in [9.17, 15) is 0 Å². The lowest BCUT2D eigenvalue weighted by Gasteiger charge is -2.39. The quantitative estimate of drug-likeness (QED) is 0.179. The summed E-state index contributed by atoms with van der Waals surface area (Å²) in [5.41, 5.74) is 8.87. The highest BCUT2D eigenvalue weighted by molar-refractivity contribution is 6.08. The Hall–Kier alpha value is -5.10. The minimum absolute atomic E-state index is 0.251. The highest BCUT2D eigenvalue weighted by Gasteiger charge is 2.45. The number of ether oxygens (including phenoxy) is 6. The summed E-state index contributed by atoms with van der Waals surface area (Å²) in [5, 5.41) is 2.22. The van der Waals surface area contributed by atoms with Crippen LogP contribution in [0.1, 0.15) is 52.8 Å². The molecule has 0 saturated carbocycles. The van der Waals surface area contributed by atoms with Crippen molar-refractivity contribution in [2.24, 2.45) is 0 Å². The fourth-order valence-electron chi connectivity index (χ4n) is 7.51. The smallest absolute Gasteiger partial charge is 0.203 e. The molecule has 1 aliphatic carbocycles. The number of rotatable bonds is 7. The summed E-state index contributed by atoms with van der Waals surface area (Å²) in [4.78, 5) is 0. The molecule has 6 heteroatoms. The Morgan fingerprint density at radius 3 is 1.85 bits per heavy atom. The van der Waals surface area contributed by atoms with Crippen LogP contribution in [0.25, 0.3) is 28.0 Å². The summed E-state index contributed by atoms with van der Waals surface area (Å²) < 4.78 is 36.4. The van der Waals surface area contributed by atoms with Crippen LogP contribution in [0.4, 0.5) is 0 Å². The maximum Gasteiger partial charge on any atom is 0.203 e. The minimum Gasteiger partial charge on any atom is -0.497 e. The molecule has 7 rings (SSSR count). The first-order valence-electron chi connectivity index (χ1n) is 15.7. The minimum atomic E-state index is -1.13. The van der Waals surface area contributed by atoms with Crippen LogP contribution in [0.3, 0.4) is 0 Å². The molecule has 240 valence electrons. The first-order chi connectivity index (χ1) is 22.6. The second kappa shape index (κ2) is 11.0. The van der Waals surface area contributed by atoms with E-state index in [4.69, 9.17) is 28.4 Å². The van der Waals surface area contributed by atoms with Crippen LogP contribution in [0.5, 0.6) is 34.5 Å². The molecule has 1 atom stereocenters. The second-order valence-electron chi connectivity index (χ2n) is 12.9. The molecule has 5 aromatic carbocycles. The Bertz CT molecular complexity index is 2060. The monoisotopic (exact) mass is 628 g/mol. The van der Waals surface area contributed by atoms with Crippen molar-refractivity contribution in [3.05, 3.63) is 112 Å². The van der Waals surface area contributed by atoms with Crippen molar-refractivity contribution in [1.29, 1.82) is 0 Å². The van der Waals surface area contributed by atoms with Crippen LogP contribution in [-0.2, 0) is 11.0 Å². The van der Waals surface area contributed by atoms with Gasteiger partial charge < -0.3 is 28.4 Å². The Morgan fingerprint density at radius 1 is 0.617 bits per heavy atom. The molecule has 1 aliphatic heterocycles. The van der Waals surface area contributed by atoms with Gasteiger partial charge in [-0.1, -0.05) is 61.4 Å². The topological polar surface area (TPSA) is 55.4 Å². The van der Waals surface area contributed by atoms with E-state index in [-0.39, 0.29) is 5.41 Å². The van der Waals surface area contributed by atoms with E-state index in [1.807, 2.05) is 30.3 Å². The number of hydrogen-bond acceptors (Lipinski definition) is 6. The van der Waals surface area contributed by atoms with Crippen molar-refractivity contribution in [2.45, 2.75) is 38.7 Å². The zero-order chi connectivity index (χ0) is 33.2. The first kappa shape index (κ1) is 30.5. The normalized spacial score (nSPS) is 17.0. The van der Waals surface area contributed by atoms with Gasteiger partial charge in [0, 0.05) is 33.6 Å². The molecule has 0 N–H and O–H groups in total. The molecule has 0 fully saturated rings. The van der Waals surface area contributed by atoms with Crippen molar-refractivity contribution in [3.8, 4) is 45.6 Å². The van der Waals surface area contributed by atoms with Crippen LogP contribution < -0.4 is 28.4 Å². The number of hydrogen-bond donors (Lipinski definition) is 0. The van der Waals surface area contributed by atoms with Gasteiger partial charge in [-0.2, -0.15) is 0 Å². The summed E-state index contributed by atoms with van der Waals surface area (Å²) in [6.45, 7) is 8.92. The Kier molecular flexibility index (Phi) is 7.16. The number of benzene rings is 5. The van der Waals surface area contributed by atoms with Crippen molar-refractivity contribution in [1.82, 2.24) is 0 Å². The lowest BCUT2D eigenvalue weighted by molar-refractivity contribution is 0.161. The van der Waals surface area contributed by atoms with Crippen LogP contribution in [0.15, 0.2) is 72.8 Å². The maximum atomic E-state index is 7.52. The Labute approximate surface area is 276 Å². The average Bonchev–Trinajstić information content (AvgIpc) is 3.32. The van der Waals surface area contributed by atoms with Crippen molar-refractivity contribution in [3.63, 3.8) is 0 Å². The van der Waals surface area contributed by atoms with Crippen LogP contribution in [-0.4, -0.2) is 35.5 Å². The fourth-order valence-corrected chi connectivity index (χ4v) is 7.51. The van der Waals surface area contributed by atoms with E-state index >= 15 is 0 Å². The van der Waals surface area contributed by atoms with E-state index in [1.165, 1.54) is 27.8 Å². The molecular weight excluding hydrogens is 588 g/mol. The average molecular weight is 629 g/mol. The molecule has 2 aliphatic rings. The molecule has 1 heterocycles. The predicted octanol–water partition coefficient (Wildman–Crippen LogP) is 9.16. The van der Waals surface area contributed by atoms with Crippen molar-refractivity contribution < 1.29 is 28.4 Å². The van der Waals surface area contributed by atoms with E-state index in [0.717, 1.165) is 38.8 Å². The number of methoxy groups -OCH3 is 5. The molecule has 0 saturated heterocycles. The van der Waals surface area contributed by atoms with Gasteiger partial charge in [-0.05, 0) is 77.9 Å². The lowest BCUT2D eigenvalue weighted by Crippen LogP contribution is -2.35. The third kappa shape index (κ3) is 4.45. The molecule has 47 heavy (non-hydrogen) atoms. The SMILES string of the molecule is COc1cc(OC)cc(C2(c3cc(OC)c(OC)c(OC)c3)C=Cc3c4c(c5ccc(C)cc5c3O2)-c2ccc(C)cc2C4(C)C)c1. The van der Waals surface area contributed by atoms with Gasteiger partial charge in [-0.25, -0.2) is 0 Å². The lowest BCUT2D eigenvalue weighted by atomic mass is 9.76. The van der Waals surface area contributed by atoms with E-state index in [0.29, 0.717) is 28.7 Å². The van der Waals surface area contributed by atoms with Gasteiger partial charge in [0.15, 0.2) is 17.1 Å². The van der Waals surface area contributed by atoms with Gasteiger partial charge in [-0.3, -0.25) is 0 Å². The van der Waals surface area contributed by atoms with Crippen LogP contribution in [0, 0.1) is 13.8 Å². The van der Waals surface area contributed by atoms with Crippen molar-refractivity contribution >= 4 is 16.8 Å². The van der Waals surface area contributed by atoms with E-state index in [2.05, 4.69) is 76.2 Å². The third-order valence-electron chi connectivity index (χ3n) is 9.82. The predicted molar refractivity (Wildman–Crippen MR) is 187 cm³/mol. The summed E-state index contributed by atoms with van der Waals surface area (Å²) in [7, 11) is 8.15. The summed E-state index contributed by atoms with van der Waals surface area (Å²) in [5.74, 6) is 3.68. The first-order valence-corrected chi connectivity index (χ1v) is 15.7. The van der Waals surface area contributed by atoms with E-state index < -0.39 is 5.60 Å². The number of aryl methyl sites for hydroxylation is 2. The van der Waals surface area contributed by atoms with Gasteiger partial charge in [0.1, 0.15) is 17.2 Å². The molecule has 0 spiro atoms. The van der Waals surface area contributed by atoms with Crippen molar-refractivity contribution in [2.75, 3.05) is 35.5 Å². The second-order valence-corrected chi connectivity index (χ2v) is 12.9. The molecular formula is C41H40O6. The Morgan fingerprint density at radius 2 is 1.23 bits per heavy atom. The van der Waals surface area contributed by atoms with Gasteiger partial charge >= 0.3 is 0 Å². The summed E-state index contributed by atoms with van der Waals surface area (Å²) in [6, 6.07) is 23.2. The maximum absolute atomic E-state index is 7.52. The van der Waals surface area contributed by atoms with Gasteiger partial charge in [0.2, 0.25) is 5.75 Å². The van der Waals surface area contributed by atoms with Gasteiger partial charge in [0.05, 0.1) is 35.5 Å². The number of fused-ring (bicyclic) bond motifs is 8. The molecule has 0 bridgehead atoms. The molecule has 5 aromatic rings. The fraction of sp³-hybridized carbons (Fsp3) is 0.268. The van der Waals surface area contributed by atoms with Gasteiger partial charge in [0.25, 0.3) is 0 Å². The zero-order valence-electron chi connectivity index (χ0n) is 28.5. The summed E-state index contributed by atoms with van der Waals surface area (Å²) in [6.07, 6.45) is 4.37. The summed E-state index contributed by atoms with van der Waals surface area (Å²) >= 11 is 0. The van der Waals surface area contributed by atoms with Gasteiger partial charge in [-0.15, -0.1) is 0 Å². The zero-order valence-corrected chi connectivity index (χ0v) is 28.5. The Balaban J connectivity index is 1.59. The molecule has 0 radical (unpaired) electrons. The third-order valence-corrected chi connectivity index (χ3v) is 9.82. The highest BCUT2D eigenvalue weighted by Crippen LogP contribution is 2.59.